The summed E-state index contributed by atoms with van der Waals surface area (Å²) in [6, 6.07) is 7.17. The number of anilines is 1. The number of ether oxygens (including phenoxy) is 1. The Morgan fingerprint density at radius 1 is 1.35 bits per heavy atom. The van der Waals surface area contributed by atoms with Crippen LogP contribution >= 0.6 is 0 Å². The van der Waals surface area contributed by atoms with Gasteiger partial charge in [-0.1, -0.05) is 5.21 Å². The van der Waals surface area contributed by atoms with Gasteiger partial charge in [0.05, 0.1) is 12.7 Å². The first kappa shape index (κ1) is 14.0. The SMILES string of the molecule is NCCOc1ccc(NC(=O)CCn2ccnn2)cc1. The molecule has 0 atom stereocenters. The highest BCUT2D eigenvalue weighted by atomic mass is 16.5. The van der Waals surface area contributed by atoms with Crippen LogP contribution in [0.3, 0.4) is 0 Å². The van der Waals surface area contributed by atoms with E-state index in [1.165, 1.54) is 0 Å². The average molecular weight is 275 g/mol. The maximum absolute atomic E-state index is 11.7. The topological polar surface area (TPSA) is 95.1 Å². The van der Waals surface area contributed by atoms with E-state index in [0.29, 0.717) is 26.1 Å². The van der Waals surface area contributed by atoms with Gasteiger partial charge in [0.25, 0.3) is 0 Å². The molecule has 0 fully saturated rings. The van der Waals surface area contributed by atoms with E-state index in [9.17, 15) is 4.79 Å². The number of rotatable bonds is 7. The molecule has 1 aromatic heterocycles. The van der Waals surface area contributed by atoms with Gasteiger partial charge in [0.15, 0.2) is 0 Å². The number of hydrogen-bond donors (Lipinski definition) is 2. The Kier molecular flexibility index (Phi) is 5.08. The Morgan fingerprint density at radius 3 is 2.80 bits per heavy atom. The lowest BCUT2D eigenvalue weighted by Crippen LogP contribution is -2.15. The Bertz CT molecular complexity index is 524. The highest BCUT2D eigenvalue weighted by Gasteiger charge is 2.03. The van der Waals surface area contributed by atoms with Crippen molar-refractivity contribution in [2.75, 3.05) is 18.5 Å². The molecule has 1 aromatic carbocycles. The van der Waals surface area contributed by atoms with Crippen molar-refractivity contribution in [3.8, 4) is 5.75 Å². The molecule has 1 heterocycles. The van der Waals surface area contributed by atoms with E-state index in [1.54, 1.807) is 41.3 Å². The molecule has 0 aliphatic heterocycles. The number of amides is 1. The van der Waals surface area contributed by atoms with Crippen molar-refractivity contribution in [1.29, 1.82) is 0 Å². The van der Waals surface area contributed by atoms with E-state index in [2.05, 4.69) is 15.6 Å². The number of nitrogens with one attached hydrogen (secondary N) is 1. The summed E-state index contributed by atoms with van der Waals surface area (Å²) in [6.45, 7) is 1.45. The number of nitrogens with two attached hydrogens (primary N) is 1. The molecule has 2 rings (SSSR count). The maximum Gasteiger partial charge on any atom is 0.226 e. The minimum atomic E-state index is -0.0730. The molecule has 0 spiro atoms. The van der Waals surface area contributed by atoms with Gasteiger partial charge in [-0.2, -0.15) is 0 Å². The van der Waals surface area contributed by atoms with Crippen LogP contribution in [-0.4, -0.2) is 34.1 Å². The van der Waals surface area contributed by atoms with Crippen molar-refractivity contribution in [3.63, 3.8) is 0 Å². The zero-order valence-electron chi connectivity index (χ0n) is 11.0. The summed E-state index contributed by atoms with van der Waals surface area (Å²) >= 11 is 0. The van der Waals surface area contributed by atoms with Crippen molar-refractivity contribution >= 4 is 11.6 Å². The van der Waals surface area contributed by atoms with Crippen LogP contribution in [0.1, 0.15) is 6.42 Å². The van der Waals surface area contributed by atoms with Crippen LogP contribution in [0.2, 0.25) is 0 Å². The summed E-state index contributed by atoms with van der Waals surface area (Å²) in [7, 11) is 0. The molecule has 20 heavy (non-hydrogen) atoms. The molecule has 0 unspecified atom stereocenters. The van der Waals surface area contributed by atoms with E-state index >= 15 is 0 Å². The molecular formula is C13H17N5O2. The number of carbonyl (C=O) groups is 1. The van der Waals surface area contributed by atoms with Gasteiger partial charge in [-0.05, 0) is 24.3 Å². The van der Waals surface area contributed by atoms with Crippen LogP contribution in [0.25, 0.3) is 0 Å². The second kappa shape index (κ2) is 7.25. The summed E-state index contributed by atoms with van der Waals surface area (Å²) < 4.78 is 6.97. The van der Waals surface area contributed by atoms with Gasteiger partial charge >= 0.3 is 0 Å². The van der Waals surface area contributed by atoms with Crippen molar-refractivity contribution in [2.45, 2.75) is 13.0 Å². The van der Waals surface area contributed by atoms with Crippen LogP contribution in [0.5, 0.6) is 5.75 Å². The van der Waals surface area contributed by atoms with Crippen LogP contribution in [0.15, 0.2) is 36.7 Å². The number of nitrogens with zero attached hydrogens (tertiary/aromatic N) is 3. The zero-order valence-corrected chi connectivity index (χ0v) is 11.0. The average Bonchev–Trinajstić information content (AvgIpc) is 2.98. The lowest BCUT2D eigenvalue weighted by Gasteiger charge is -2.07. The lowest BCUT2D eigenvalue weighted by molar-refractivity contribution is -0.116. The van der Waals surface area contributed by atoms with Gasteiger partial charge in [0, 0.05) is 24.8 Å². The molecular weight excluding hydrogens is 258 g/mol. The maximum atomic E-state index is 11.7. The van der Waals surface area contributed by atoms with Crippen LogP contribution in [0, 0.1) is 0 Å². The summed E-state index contributed by atoms with van der Waals surface area (Å²) in [5, 5.41) is 10.3. The van der Waals surface area contributed by atoms with Gasteiger partial charge in [-0.25, -0.2) is 0 Å². The predicted molar refractivity (Wildman–Crippen MR) is 74.3 cm³/mol. The molecule has 1 amide bonds. The molecule has 0 aliphatic rings. The largest absolute Gasteiger partial charge is 0.492 e. The molecule has 106 valence electrons. The summed E-state index contributed by atoms with van der Waals surface area (Å²) in [5.41, 5.74) is 6.08. The molecule has 0 bridgehead atoms. The number of benzene rings is 1. The minimum Gasteiger partial charge on any atom is -0.492 e. The molecule has 7 heteroatoms. The third-order valence-corrected chi connectivity index (χ3v) is 2.56. The third-order valence-electron chi connectivity index (χ3n) is 2.56. The number of aryl methyl sites for hydroxylation is 1. The van der Waals surface area contributed by atoms with Gasteiger partial charge in [-0.3, -0.25) is 9.48 Å². The van der Waals surface area contributed by atoms with E-state index < -0.39 is 0 Å². The Hall–Kier alpha value is -2.41. The van der Waals surface area contributed by atoms with Gasteiger partial charge in [-0.15, -0.1) is 5.10 Å². The lowest BCUT2D eigenvalue weighted by atomic mass is 10.3. The minimum absolute atomic E-state index is 0.0730. The fourth-order valence-electron chi connectivity index (χ4n) is 1.60. The van der Waals surface area contributed by atoms with Crippen LogP contribution < -0.4 is 15.8 Å². The standard InChI is InChI=1S/C13H17N5O2/c14-6-10-20-12-3-1-11(2-4-12)16-13(19)5-8-18-9-7-15-17-18/h1-4,7,9H,5-6,8,10,14H2,(H,16,19). The van der Waals surface area contributed by atoms with E-state index in [0.717, 1.165) is 11.4 Å². The highest BCUT2D eigenvalue weighted by Crippen LogP contribution is 2.15. The van der Waals surface area contributed by atoms with E-state index in [-0.39, 0.29) is 5.91 Å². The number of aromatic nitrogens is 3. The first-order valence-electron chi connectivity index (χ1n) is 6.35. The molecule has 0 radical (unpaired) electrons. The molecule has 2 aromatic rings. The summed E-state index contributed by atoms with van der Waals surface area (Å²) in [6.07, 6.45) is 3.64. The Balaban J connectivity index is 1.78. The second-order valence-corrected chi connectivity index (χ2v) is 4.13. The smallest absolute Gasteiger partial charge is 0.226 e. The second-order valence-electron chi connectivity index (χ2n) is 4.13. The van der Waals surface area contributed by atoms with Crippen molar-refractivity contribution in [2.24, 2.45) is 5.73 Å². The van der Waals surface area contributed by atoms with E-state index in [1.807, 2.05) is 0 Å². The van der Waals surface area contributed by atoms with Crippen molar-refractivity contribution < 1.29 is 9.53 Å². The normalized spacial score (nSPS) is 10.2. The molecule has 0 saturated carbocycles. The predicted octanol–water partition coefficient (Wildman–Crippen LogP) is 0.644. The van der Waals surface area contributed by atoms with E-state index in [4.69, 9.17) is 10.5 Å². The van der Waals surface area contributed by atoms with Crippen molar-refractivity contribution in [1.82, 2.24) is 15.0 Å². The number of carbonyl (C=O) groups excluding carboxylic acids is 1. The fraction of sp³-hybridized carbons (Fsp3) is 0.308. The Morgan fingerprint density at radius 2 is 2.15 bits per heavy atom. The zero-order chi connectivity index (χ0) is 14.2. The quantitative estimate of drug-likeness (QED) is 0.773. The monoisotopic (exact) mass is 275 g/mol. The molecule has 7 nitrogen and oxygen atoms in total. The van der Waals surface area contributed by atoms with Crippen molar-refractivity contribution in [3.05, 3.63) is 36.7 Å². The highest BCUT2D eigenvalue weighted by molar-refractivity contribution is 5.90. The summed E-state index contributed by atoms with van der Waals surface area (Å²) in [5.74, 6) is 0.659. The van der Waals surface area contributed by atoms with Crippen LogP contribution in [-0.2, 0) is 11.3 Å². The Labute approximate surface area is 116 Å². The van der Waals surface area contributed by atoms with Gasteiger partial charge in [0.2, 0.25) is 5.91 Å². The third kappa shape index (κ3) is 4.36. The first-order valence-corrected chi connectivity index (χ1v) is 6.35. The first-order chi connectivity index (χ1) is 9.78. The summed E-state index contributed by atoms with van der Waals surface area (Å²) in [4.78, 5) is 11.7. The van der Waals surface area contributed by atoms with Crippen LogP contribution in [0.4, 0.5) is 5.69 Å². The van der Waals surface area contributed by atoms with Gasteiger partial charge < -0.3 is 15.8 Å². The number of hydrogen-bond acceptors (Lipinski definition) is 5. The fourth-order valence-corrected chi connectivity index (χ4v) is 1.60. The van der Waals surface area contributed by atoms with Gasteiger partial charge in [0.1, 0.15) is 12.4 Å². The molecule has 0 saturated heterocycles. The molecule has 0 aliphatic carbocycles. The molecule has 3 N–H and O–H groups in total.